The molecular weight excluding hydrogens is 443 g/mol. The average Bonchev–Trinajstić information content (AvgIpc) is 3.36. The molecule has 3 N–H and O–H groups in total. The van der Waals surface area contributed by atoms with Crippen LogP contribution in [0.3, 0.4) is 0 Å². The highest BCUT2D eigenvalue weighted by molar-refractivity contribution is 14.0. The normalized spacial score (nSPS) is 25.1. The molecule has 26 heavy (non-hydrogen) atoms. The summed E-state index contributed by atoms with van der Waals surface area (Å²) in [6, 6.07) is 4.20. The highest BCUT2D eigenvalue weighted by atomic mass is 127. The molecule has 1 aromatic heterocycles. The molecule has 7 heteroatoms. The predicted octanol–water partition coefficient (Wildman–Crippen LogP) is 2.75. The van der Waals surface area contributed by atoms with E-state index in [4.69, 9.17) is 9.41 Å². The molecule has 1 aliphatic carbocycles. The van der Waals surface area contributed by atoms with Gasteiger partial charge >= 0.3 is 0 Å². The molecule has 3 unspecified atom stereocenters. The first-order valence-corrected chi connectivity index (χ1v) is 9.75. The van der Waals surface area contributed by atoms with Gasteiger partial charge in [0.1, 0.15) is 5.76 Å². The van der Waals surface area contributed by atoms with E-state index in [0.717, 1.165) is 57.2 Å². The van der Waals surface area contributed by atoms with Gasteiger partial charge in [-0.2, -0.15) is 0 Å². The lowest BCUT2D eigenvalue weighted by Gasteiger charge is -2.25. The maximum absolute atomic E-state index is 10.00. The van der Waals surface area contributed by atoms with Crippen LogP contribution in [0.2, 0.25) is 0 Å². The van der Waals surface area contributed by atoms with Crippen LogP contribution in [0.15, 0.2) is 27.8 Å². The molecule has 2 fully saturated rings. The molecule has 0 amide bonds. The molecule has 1 aliphatic heterocycles. The van der Waals surface area contributed by atoms with Crippen LogP contribution < -0.4 is 10.6 Å². The molecule has 1 aromatic rings. The number of likely N-dealkylation sites (tertiary alicyclic amines) is 1. The zero-order chi connectivity index (χ0) is 17.5. The van der Waals surface area contributed by atoms with Gasteiger partial charge in [-0.3, -0.25) is 9.89 Å². The summed E-state index contributed by atoms with van der Waals surface area (Å²) in [7, 11) is 0. The first-order chi connectivity index (χ1) is 12.3. The van der Waals surface area contributed by atoms with Crippen molar-refractivity contribution in [2.45, 2.75) is 51.2 Å². The van der Waals surface area contributed by atoms with Gasteiger partial charge in [-0.25, -0.2) is 0 Å². The van der Waals surface area contributed by atoms with Crippen LogP contribution in [0.1, 0.15) is 50.8 Å². The summed E-state index contributed by atoms with van der Waals surface area (Å²) in [5, 5.41) is 16.7. The summed E-state index contributed by atoms with van der Waals surface area (Å²) in [4.78, 5) is 7.28. The van der Waals surface area contributed by atoms with Crippen molar-refractivity contribution in [1.82, 2.24) is 15.5 Å². The maximum atomic E-state index is 10.00. The molecule has 0 spiro atoms. The summed E-state index contributed by atoms with van der Waals surface area (Å²) in [6.07, 6.45) is 7.21. The van der Waals surface area contributed by atoms with Gasteiger partial charge in [-0.15, -0.1) is 24.0 Å². The number of hydrogen-bond acceptors (Lipinski definition) is 4. The summed E-state index contributed by atoms with van der Waals surface area (Å²) in [5.74, 6) is 2.16. The zero-order valence-electron chi connectivity index (χ0n) is 15.7. The number of furan rings is 1. The number of hydrogen-bond donors (Lipinski definition) is 3. The third-order valence-corrected chi connectivity index (χ3v) is 5.37. The fourth-order valence-corrected chi connectivity index (χ4v) is 3.92. The molecule has 3 atom stereocenters. The molecule has 0 radical (unpaired) electrons. The summed E-state index contributed by atoms with van der Waals surface area (Å²) in [5.41, 5.74) is 0. The quantitative estimate of drug-likeness (QED) is 0.321. The van der Waals surface area contributed by atoms with E-state index in [1.807, 2.05) is 12.1 Å². The Labute approximate surface area is 173 Å². The van der Waals surface area contributed by atoms with Gasteiger partial charge in [0.15, 0.2) is 5.96 Å². The Balaban J connectivity index is 0.00000243. The van der Waals surface area contributed by atoms with Gasteiger partial charge in [0, 0.05) is 19.0 Å². The molecule has 1 saturated heterocycles. The molecule has 2 aliphatic rings. The summed E-state index contributed by atoms with van der Waals surface area (Å²) >= 11 is 0. The Bertz CT molecular complexity index is 532. The van der Waals surface area contributed by atoms with Crippen molar-refractivity contribution in [2.75, 3.05) is 32.7 Å². The van der Waals surface area contributed by atoms with Gasteiger partial charge in [0.2, 0.25) is 0 Å². The smallest absolute Gasteiger partial charge is 0.191 e. The first-order valence-electron chi connectivity index (χ1n) is 9.75. The second-order valence-corrected chi connectivity index (χ2v) is 7.13. The minimum atomic E-state index is -0.171. The minimum Gasteiger partial charge on any atom is -0.468 e. The highest BCUT2D eigenvalue weighted by Crippen LogP contribution is 2.26. The first kappa shape index (κ1) is 21.5. The number of guanidine groups is 1. The van der Waals surface area contributed by atoms with Gasteiger partial charge in [0.05, 0.1) is 25.0 Å². The van der Waals surface area contributed by atoms with Crippen molar-refractivity contribution < 1.29 is 9.52 Å². The van der Waals surface area contributed by atoms with E-state index in [9.17, 15) is 5.11 Å². The number of nitrogens with zero attached hydrogens (tertiary/aromatic N) is 2. The largest absolute Gasteiger partial charge is 0.468 e. The molecule has 6 nitrogen and oxygen atoms in total. The van der Waals surface area contributed by atoms with Crippen LogP contribution in [0.25, 0.3) is 0 Å². The fraction of sp³-hybridized carbons (Fsp3) is 0.737. The number of aliphatic hydroxyl groups excluding tert-OH is 1. The van der Waals surface area contributed by atoms with Crippen molar-refractivity contribution in [2.24, 2.45) is 10.9 Å². The number of aliphatic imine (C=N–C) groups is 1. The number of rotatable bonds is 7. The van der Waals surface area contributed by atoms with E-state index in [-0.39, 0.29) is 36.1 Å². The number of aliphatic hydroxyl groups is 1. The molecular formula is C19H33IN4O2. The molecule has 2 heterocycles. The Morgan fingerprint density at radius 1 is 1.31 bits per heavy atom. The van der Waals surface area contributed by atoms with Crippen LogP contribution in [0, 0.1) is 5.92 Å². The molecule has 0 aromatic carbocycles. The lowest BCUT2D eigenvalue weighted by Crippen LogP contribution is -2.41. The molecule has 1 saturated carbocycles. The Morgan fingerprint density at radius 2 is 2.12 bits per heavy atom. The molecule has 3 rings (SSSR count). The van der Waals surface area contributed by atoms with Gasteiger partial charge in [-0.1, -0.05) is 6.42 Å². The van der Waals surface area contributed by atoms with E-state index < -0.39 is 0 Å². The predicted molar refractivity (Wildman–Crippen MR) is 115 cm³/mol. The van der Waals surface area contributed by atoms with Crippen molar-refractivity contribution in [3.8, 4) is 0 Å². The minimum absolute atomic E-state index is 0. The SMILES string of the molecule is CCNC(=NCC(c1ccco1)N1CCCC1)NCC1CCCC1O.I. The lowest BCUT2D eigenvalue weighted by atomic mass is 10.1. The van der Waals surface area contributed by atoms with Crippen molar-refractivity contribution in [1.29, 1.82) is 0 Å². The van der Waals surface area contributed by atoms with Crippen LogP contribution in [0.4, 0.5) is 0 Å². The van der Waals surface area contributed by atoms with E-state index in [1.54, 1.807) is 6.26 Å². The number of halogens is 1. The van der Waals surface area contributed by atoms with Gasteiger partial charge < -0.3 is 20.2 Å². The van der Waals surface area contributed by atoms with Crippen LogP contribution in [0.5, 0.6) is 0 Å². The van der Waals surface area contributed by atoms with E-state index in [1.165, 1.54) is 12.8 Å². The van der Waals surface area contributed by atoms with Crippen LogP contribution in [-0.2, 0) is 0 Å². The third kappa shape index (κ3) is 5.85. The summed E-state index contributed by atoms with van der Waals surface area (Å²) in [6.45, 7) is 6.58. The second kappa shape index (κ2) is 11.1. The second-order valence-electron chi connectivity index (χ2n) is 7.13. The Morgan fingerprint density at radius 3 is 2.73 bits per heavy atom. The molecule has 148 valence electrons. The van der Waals surface area contributed by atoms with E-state index >= 15 is 0 Å². The monoisotopic (exact) mass is 476 g/mol. The van der Waals surface area contributed by atoms with E-state index in [0.29, 0.717) is 12.5 Å². The lowest BCUT2D eigenvalue weighted by molar-refractivity contribution is 0.134. The van der Waals surface area contributed by atoms with Crippen molar-refractivity contribution in [3.63, 3.8) is 0 Å². The zero-order valence-corrected chi connectivity index (χ0v) is 18.0. The summed E-state index contributed by atoms with van der Waals surface area (Å²) < 4.78 is 5.67. The van der Waals surface area contributed by atoms with E-state index in [2.05, 4.69) is 22.5 Å². The van der Waals surface area contributed by atoms with Crippen LogP contribution in [-0.4, -0.2) is 54.8 Å². The van der Waals surface area contributed by atoms with Gasteiger partial charge in [0.25, 0.3) is 0 Å². The third-order valence-electron chi connectivity index (χ3n) is 5.37. The standard InChI is InChI=1S/C19H32N4O2.HI/c1-2-20-19(21-13-15-7-5-8-17(15)24)22-14-16(18-9-6-12-25-18)23-10-3-4-11-23;/h6,9,12,15-17,24H,2-5,7-8,10-11,13-14H2,1H3,(H2,20,21,22);1H. The fourth-order valence-electron chi connectivity index (χ4n) is 3.92. The van der Waals surface area contributed by atoms with Crippen molar-refractivity contribution >= 4 is 29.9 Å². The number of nitrogens with one attached hydrogen (secondary N) is 2. The highest BCUT2D eigenvalue weighted by Gasteiger charge is 2.26. The Hall–Kier alpha value is -0.800. The maximum Gasteiger partial charge on any atom is 0.191 e. The average molecular weight is 476 g/mol. The topological polar surface area (TPSA) is 73.0 Å². The van der Waals surface area contributed by atoms with Gasteiger partial charge in [-0.05, 0) is 57.8 Å². The molecule has 0 bridgehead atoms. The van der Waals surface area contributed by atoms with Crippen LogP contribution >= 0.6 is 24.0 Å². The van der Waals surface area contributed by atoms with Crippen molar-refractivity contribution in [3.05, 3.63) is 24.2 Å². The Kier molecular flexibility index (Phi) is 9.21.